The quantitative estimate of drug-likeness (QED) is 0.478. The summed E-state index contributed by atoms with van der Waals surface area (Å²) < 4.78 is 16.7. The summed E-state index contributed by atoms with van der Waals surface area (Å²) in [6.45, 7) is 0.0166. The van der Waals surface area contributed by atoms with E-state index in [1.807, 2.05) is 0 Å². The lowest BCUT2D eigenvalue weighted by molar-refractivity contribution is -0.123. The van der Waals surface area contributed by atoms with Crippen molar-refractivity contribution < 1.29 is 33.7 Å². The van der Waals surface area contributed by atoms with Crippen molar-refractivity contribution in [1.29, 1.82) is 0 Å². The zero-order valence-corrected chi connectivity index (χ0v) is 17.4. The fourth-order valence-electron chi connectivity index (χ4n) is 3.26. The van der Waals surface area contributed by atoms with Gasteiger partial charge < -0.3 is 29.5 Å². The number of benzene rings is 1. The van der Waals surface area contributed by atoms with Crippen LogP contribution in [0.3, 0.4) is 0 Å². The summed E-state index contributed by atoms with van der Waals surface area (Å²) in [6.07, 6.45) is 3.31. The average Bonchev–Trinajstić information content (AvgIpc) is 3.25. The van der Waals surface area contributed by atoms with Gasteiger partial charge in [-0.2, -0.15) is 0 Å². The Hall–Kier alpha value is -3.01. The van der Waals surface area contributed by atoms with Gasteiger partial charge >= 0.3 is 5.97 Å². The molecule has 1 aliphatic heterocycles. The highest BCUT2D eigenvalue weighted by Gasteiger charge is 2.42. The first-order valence-corrected chi connectivity index (χ1v) is 9.92. The monoisotopic (exact) mass is 430 g/mol. The van der Waals surface area contributed by atoms with Crippen LogP contribution in [0.5, 0.6) is 0 Å². The van der Waals surface area contributed by atoms with Gasteiger partial charge in [0.15, 0.2) is 0 Å². The van der Waals surface area contributed by atoms with Gasteiger partial charge in [-0.3, -0.25) is 9.59 Å². The summed E-state index contributed by atoms with van der Waals surface area (Å²) in [5.41, 5.74) is 1.53. The number of ether oxygens (including phenoxy) is 3. The standard InChI is InChI=1S/C22H26N2O7/c1-24(2)19(26)8-5-14-3-6-15(7-4-14)22(28)31-18-12-16(21(27)23-9-10-25)11-17-20(18)30-13-29-17/h3-8,11,17-18,20,25H,9-10,12-13H2,1-2H3,(H,23,27). The Morgan fingerprint density at radius 1 is 1.23 bits per heavy atom. The summed E-state index contributed by atoms with van der Waals surface area (Å²) in [5.74, 6) is -1.02. The third-order valence-corrected chi connectivity index (χ3v) is 4.95. The molecule has 0 aromatic heterocycles. The molecule has 3 rings (SSSR count). The number of nitrogens with one attached hydrogen (secondary N) is 1. The van der Waals surface area contributed by atoms with Gasteiger partial charge in [-0.15, -0.1) is 0 Å². The van der Waals surface area contributed by atoms with Crippen LogP contribution >= 0.6 is 0 Å². The number of fused-ring (bicyclic) bond motifs is 1. The van der Waals surface area contributed by atoms with E-state index in [9.17, 15) is 14.4 Å². The second-order valence-corrected chi connectivity index (χ2v) is 7.39. The average molecular weight is 430 g/mol. The number of aliphatic hydroxyl groups excluding tert-OH is 1. The molecule has 0 spiro atoms. The van der Waals surface area contributed by atoms with Crippen molar-refractivity contribution in [3.05, 3.63) is 53.1 Å². The Morgan fingerprint density at radius 2 is 1.97 bits per heavy atom. The van der Waals surface area contributed by atoms with Gasteiger partial charge in [-0.05, 0) is 29.8 Å². The lowest BCUT2D eigenvalue weighted by Crippen LogP contribution is -2.43. The second-order valence-electron chi connectivity index (χ2n) is 7.39. The van der Waals surface area contributed by atoms with Gasteiger partial charge in [-0.25, -0.2) is 4.79 Å². The molecule has 2 N–H and O–H groups in total. The van der Waals surface area contributed by atoms with Gasteiger partial charge in [0, 0.05) is 38.7 Å². The molecule has 0 bridgehead atoms. The molecule has 1 heterocycles. The fourth-order valence-corrected chi connectivity index (χ4v) is 3.26. The van der Waals surface area contributed by atoms with Crippen molar-refractivity contribution in [2.75, 3.05) is 34.0 Å². The van der Waals surface area contributed by atoms with Gasteiger partial charge in [0.05, 0.1) is 12.2 Å². The van der Waals surface area contributed by atoms with Crippen molar-refractivity contribution in [3.8, 4) is 0 Å². The van der Waals surface area contributed by atoms with Crippen LogP contribution < -0.4 is 5.32 Å². The minimum Gasteiger partial charge on any atom is -0.456 e. The van der Waals surface area contributed by atoms with Crippen molar-refractivity contribution in [1.82, 2.24) is 10.2 Å². The third kappa shape index (κ3) is 5.78. The molecule has 1 aromatic rings. The maximum atomic E-state index is 12.7. The van der Waals surface area contributed by atoms with E-state index in [-0.39, 0.29) is 38.2 Å². The first-order valence-electron chi connectivity index (χ1n) is 9.92. The summed E-state index contributed by atoms with van der Waals surface area (Å²) in [7, 11) is 3.33. The van der Waals surface area contributed by atoms with E-state index < -0.39 is 24.3 Å². The summed E-state index contributed by atoms with van der Waals surface area (Å²) in [6, 6.07) is 6.64. The van der Waals surface area contributed by atoms with Crippen LogP contribution in [0.25, 0.3) is 6.08 Å². The number of carbonyl (C=O) groups excluding carboxylic acids is 3. The number of hydrogen-bond acceptors (Lipinski definition) is 7. The van der Waals surface area contributed by atoms with Gasteiger partial charge in [0.1, 0.15) is 25.1 Å². The van der Waals surface area contributed by atoms with Crippen LogP contribution in [0.4, 0.5) is 0 Å². The van der Waals surface area contributed by atoms with Crippen molar-refractivity contribution >= 4 is 23.9 Å². The van der Waals surface area contributed by atoms with E-state index >= 15 is 0 Å². The smallest absolute Gasteiger partial charge is 0.338 e. The van der Waals surface area contributed by atoms with Gasteiger partial charge in [0.25, 0.3) is 0 Å². The summed E-state index contributed by atoms with van der Waals surface area (Å²) >= 11 is 0. The molecule has 1 fully saturated rings. The maximum absolute atomic E-state index is 12.7. The minimum atomic E-state index is -0.683. The molecule has 166 valence electrons. The molecule has 0 radical (unpaired) electrons. The molecule has 2 aliphatic rings. The molecule has 1 saturated heterocycles. The molecular formula is C22H26N2O7. The van der Waals surface area contributed by atoms with E-state index in [2.05, 4.69) is 5.32 Å². The van der Waals surface area contributed by atoms with Crippen LogP contribution in [-0.2, 0) is 23.8 Å². The number of hydrogen-bond donors (Lipinski definition) is 2. The lowest BCUT2D eigenvalue weighted by atomic mass is 9.91. The SMILES string of the molecule is CN(C)C(=O)C=Cc1ccc(C(=O)OC2CC(C(=O)NCCO)=CC3OCOC32)cc1. The van der Waals surface area contributed by atoms with Crippen LogP contribution in [-0.4, -0.2) is 80.1 Å². The number of nitrogens with zero attached hydrogens (tertiary/aromatic N) is 1. The molecule has 1 aliphatic carbocycles. The van der Waals surface area contributed by atoms with Gasteiger partial charge in [0.2, 0.25) is 11.8 Å². The Morgan fingerprint density at radius 3 is 2.65 bits per heavy atom. The van der Waals surface area contributed by atoms with Crippen molar-refractivity contribution in [2.45, 2.75) is 24.7 Å². The Bertz CT molecular complexity index is 876. The van der Waals surface area contributed by atoms with E-state index in [1.165, 1.54) is 11.0 Å². The third-order valence-electron chi connectivity index (χ3n) is 4.95. The molecule has 2 amide bonds. The highest BCUT2D eigenvalue weighted by molar-refractivity contribution is 5.94. The van der Waals surface area contributed by atoms with Crippen molar-refractivity contribution in [3.63, 3.8) is 0 Å². The van der Waals surface area contributed by atoms with E-state index in [0.717, 1.165) is 5.56 Å². The van der Waals surface area contributed by atoms with Gasteiger partial charge in [-0.1, -0.05) is 12.1 Å². The molecule has 0 saturated carbocycles. The fraction of sp³-hybridized carbons (Fsp3) is 0.409. The lowest BCUT2D eigenvalue weighted by Gasteiger charge is -2.30. The molecular weight excluding hydrogens is 404 g/mol. The van der Waals surface area contributed by atoms with Crippen LogP contribution in [0.1, 0.15) is 22.3 Å². The Balaban J connectivity index is 1.65. The predicted molar refractivity (Wildman–Crippen MR) is 111 cm³/mol. The number of amides is 2. The summed E-state index contributed by atoms with van der Waals surface area (Å²) in [5, 5.41) is 11.5. The van der Waals surface area contributed by atoms with E-state index in [0.29, 0.717) is 11.1 Å². The highest BCUT2D eigenvalue weighted by atomic mass is 16.7. The molecule has 9 nitrogen and oxygen atoms in total. The molecule has 3 unspecified atom stereocenters. The first kappa shape index (κ1) is 22.7. The van der Waals surface area contributed by atoms with Crippen LogP contribution in [0.15, 0.2) is 42.0 Å². The maximum Gasteiger partial charge on any atom is 0.338 e. The summed E-state index contributed by atoms with van der Waals surface area (Å²) in [4.78, 5) is 38.0. The molecule has 1 aromatic carbocycles. The van der Waals surface area contributed by atoms with Crippen molar-refractivity contribution in [2.24, 2.45) is 0 Å². The molecule has 31 heavy (non-hydrogen) atoms. The van der Waals surface area contributed by atoms with E-state index in [4.69, 9.17) is 19.3 Å². The predicted octanol–water partition coefficient (Wildman–Crippen LogP) is 0.494. The number of aliphatic hydroxyl groups is 1. The number of carbonyl (C=O) groups is 3. The number of likely N-dealkylation sites (N-methyl/N-ethyl adjacent to an activating group) is 1. The van der Waals surface area contributed by atoms with Crippen LogP contribution in [0, 0.1) is 0 Å². The minimum absolute atomic E-state index is 0.0537. The Kier molecular flexibility index (Phi) is 7.56. The first-order chi connectivity index (χ1) is 14.9. The van der Waals surface area contributed by atoms with Crippen LogP contribution in [0.2, 0.25) is 0 Å². The zero-order valence-electron chi connectivity index (χ0n) is 17.4. The van der Waals surface area contributed by atoms with E-state index in [1.54, 1.807) is 50.5 Å². The number of rotatable bonds is 7. The highest BCUT2D eigenvalue weighted by Crippen LogP contribution is 2.30. The molecule has 3 atom stereocenters. The second kappa shape index (κ2) is 10.3. The normalized spacial score (nSPS) is 22.5. The topological polar surface area (TPSA) is 114 Å². The largest absolute Gasteiger partial charge is 0.456 e. The number of esters is 1. The Labute approximate surface area is 180 Å². The molecule has 9 heteroatoms. The zero-order chi connectivity index (χ0) is 22.4.